The Morgan fingerprint density at radius 2 is 2.26 bits per heavy atom. The molecule has 6 nitrogen and oxygen atoms in total. The predicted molar refractivity (Wildman–Crippen MR) is 79.0 cm³/mol. The Labute approximate surface area is 118 Å². The Bertz CT molecular complexity index is 613. The van der Waals surface area contributed by atoms with E-state index in [0.717, 1.165) is 11.8 Å². The lowest BCUT2D eigenvalue weighted by atomic mass is 10.1. The molecule has 0 radical (unpaired) electrons. The Kier molecular flexibility index (Phi) is 3.82. The van der Waals surface area contributed by atoms with Crippen LogP contribution in [0.1, 0.15) is 5.56 Å². The Hall–Kier alpha value is -1.93. The lowest BCUT2D eigenvalue weighted by Gasteiger charge is -2.03. The molecule has 0 unspecified atom stereocenters. The molecular formula is C11H9N3O3S2. The number of hydrogen-bond acceptors (Lipinski definition) is 6. The first-order valence-electron chi connectivity index (χ1n) is 5.22. The number of thioether (sulfide) groups is 1. The summed E-state index contributed by atoms with van der Waals surface area (Å²) in [6.07, 6.45) is 1.58. The highest BCUT2D eigenvalue weighted by Gasteiger charge is 2.22. The summed E-state index contributed by atoms with van der Waals surface area (Å²) in [5.74, 6) is -0.282. The molecule has 1 aromatic carbocycles. The number of anilines is 1. The zero-order valence-electron chi connectivity index (χ0n) is 9.80. The van der Waals surface area contributed by atoms with Gasteiger partial charge in [0, 0.05) is 13.1 Å². The molecule has 0 aromatic heterocycles. The molecule has 2 N–H and O–H groups in total. The molecule has 98 valence electrons. The number of nitrogens with one attached hydrogen (secondary N) is 2. The predicted octanol–water partition coefficient (Wildman–Crippen LogP) is 2.13. The van der Waals surface area contributed by atoms with Gasteiger partial charge < -0.3 is 10.6 Å². The van der Waals surface area contributed by atoms with Crippen LogP contribution in [0.15, 0.2) is 23.1 Å². The number of thiocarbonyl (C=S) groups is 1. The monoisotopic (exact) mass is 295 g/mol. The molecule has 1 saturated heterocycles. The van der Waals surface area contributed by atoms with Crippen LogP contribution < -0.4 is 10.6 Å². The van der Waals surface area contributed by atoms with Crippen molar-refractivity contribution in [3.05, 3.63) is 38.8 Å². The normalized spacial score (nSPS) is 16.6. The van der Waals surface area contributed by atoms with Crippen molar-refractivity contribution >= 4 is 51.7 Å². The summed E-state index contributed by atoms with van der Waals surface area (Å²) in [6, 6.07) is 4.70. The van der Waals surface area contributed by atoms with Crippen LogP contribution in [0.4, 0.5) is 11.4 Å². The molecule has 0 aliphatic carbocycles. The summed E-state index contributed by atoms with van der Waals surface area (Å²) in [4.78, 5) is 22.4. The van der Waals surface area contributed by atoms with E-state index in [4.69, 9.17) is 12.2 Å². The fourth-order valence-corrected chi connectivity index (χ4v) is 2.62. The number of benzene rings is 1. The van der Waals surface area contributed by atoms with Crippen molar-refractivity contribution in [3.63, 3.8) is 0 Å². The van der Waals surface area contributed by atoms with Crippen molar-refractivity contribution in [1.82, 2.24) is 5.32 Å². The molecule has 19 heavy (non-hydrogen) atoms. The number of hydrogen-bond donors (Lipinski definition) is 2. The van der Waals surface area contributed by atoms with Crippen LogP contribution in [0, 0.1) is 10.1 Å². The topological polar surface area (TPSA) is 84.3 Å². The van der Waals surface area contributed by atoms with Gasteiger partial charge in [0.1, 0.15) is 10.0 Å². The minimum absolute atomic E-state index is 0.0390. The summed E-state index contributed by atoms with van der Waals surface area (Å²) >= 11 is 6.01. The molecule has 1 aliphatic rings. The van der Waals surface area contributed by atoms with Gasteiger partial charge >= 0.3 is 0 Å². The Morgan fingerprint density at radius 3 is 2.79 bits per heavy atom. The molecule has 1 fully saturated rings. The molecule has 2 rings (SSSR count). The van der Waals surface area contributed by atoms with Gasteiger partial charge in [0.2, 0.25) is 0 Å². The second kappa shape index (κ2) is 5.37. The second-order valence-electron chi connectivity index (χ2n) is 3.64. The van der Waals surface area contributed by atoms with Gasteiger partial charge in [0.15, 0.2) is 0 Å². The minimum atomic E-state index is -0.472. The van der Waals surface area contributed by atoms with Crippen molar-refractivity contribution in [2.24, 2.45) is 0 Å². The maximum Gasteiger partial charge on any atom is 0.292 e. The van der Waals surface area contributed by atoms with E-state index in [9.17, 15) is 14.9 Å². The molecule has 0 atom stereocenters. The van der Waals surface area contributed by atoms with Crippen LogP contribution in [-0.2, 0) is 4.79 Å². The van der Waals surface area contributed by atoms with E-state index >= 15 is 0 Å². The third-order valence-electron chi connectivity index (χ3n) is 2.43. The lowest BCUT2D eigenvalue weighted by molar-refractivity contribution is -0.383. The number of nitro benzene ring substituents is 1. The van der Waals surface area contributed by atoms with E-state index in [1.807, 2.05) is 0 Å². The summed E-state index contributed by atoms with van der Waals surface area (Å²) < 4.78 is 0.387. The first kappa shape index (κ1) is 13.5. The molecule has 0 bridgehead atoms. The quantitative estimate of drug-likeness (QED) is 0.384. The zero-order chi connectivity index (χ0) is 14.0. The standard InChI is InChI=1S/C11H9N3O3S2/c1-12-7-3-2-6(4-8(7)14(16)17)5-9-10(15)13-11(18)19-9/h2-5,12H,1H3,(H,13,15,18). The average molecular weight is 295 g/mol. The van der Waals surface area contributed by atoms with Crippen LogP contribution in [0.25, 0.3) is 6.08 Å². The van der Waals surface area contributed by atoms with Gasteiger partial charge in [0.05, 0.1) is 9.83 Å². The summed E-state index contributed by atoms with van der Waals surface area (Å²) in [5.41, 5.74) is 0.960. The van der Waals surface area contributed by atoms with E-state index < -0.39 is 4.92 Å². The molecular weight excluding hydrogens is 286 g/mol. The molecule has 0 spiro atoms. The zero-order valence-corrected chi connectivity index (χ0v) is 11.4. The van der Waals surface area contributed by atoms with Crippen molar-refractivity contribution < 1.29 is 9.72 Å². The first-order valence-corrected chi connectivity index (χ1v) is 6.45. The minimum Gasteiger partial charge on any atom is -0.383 e. The largest absolute Gasteiger partial charge is 0.383 e. The number of carbonyl (C=O) groups excluding carboxylic acids is 1. The van der Waals surface area contributed by atoms with Crippen molar-refractivity contribution in [1.29, 1.82) is 0 Å². The maximum atomic E-state index is 11.5. The van der Waals surface area contributed by atoms with Gasteiger partial charge in [-0.2, -0.15) is 0 Å². The van der Waals surface area contributed by atoms with Gasteiger partial charge in [0.25, 0.3) is 11.6 Å². The fraction of sp³-hybridized carbons (Fsp3) is 0.0909. The molecule has 1 aliphatic heterocycles. The maximum absolute atomic E-state index is 11.5. The van der Waals surface area contributed by atoms with Gasteiger partial charge in [-0.3, -0.25) is 14.9 Å². The van der Waals surface area contributed by atoms with Gasteiger partial charge in [-0.15, -0.1) is 0 Å². The molecule has 0 saturated carbocycles. The lowest BCUT2D eigenvalue weighted by Crippen LogP contribution is -2.17. The summed E-state index contributed by atoms with van der Waals surface area (Å²) in [7, 11) is 1.61. The molecule has 1 aromatic rings. The highest BCUT2D eigenvalue weighted by molar-refractivity contribution is 8.26. The highest BCUT2D eigenvalue weighted by Crippen LogP contribution is 2.29. The first-order chi connectivity index (χ1) is 9.01. The Balaban J connectivity index is 2.39. The summed E-state index contributed by atoms with van der Waals surface area (Å²) in [5, 5.41) is 16.2. The summed E-state index contributed by atoms with van der Waals surface area (Å²) in [6.45, 7) is 0. The number of nitrogens with zero attached hydrogens (tertiary/aromatic N) is 1. The number of amides is 1. The van der Waals surface area contributed by atoms with Gasteiger partial charge in [-0.05, 0) is 17.7 Å². The van der Waals surface area contributed by atoms with E-state index in [-0.39, 0.29) is 11.6 Å². The molecule has 1 amide bonds. The van der Waals surface area contributed by atoms with Crippen LogP contribution in [0.3, 0.4) is 0 Å². The van der Waals surface area contributed by atoms with E-state index in [1.54, 1.807) is 25.3 Å². The fourth-order valence-electron chi connectivity index (χ4n) is 1.57. The number of carbonyl (C=O) groups is 1. The Morgan fingerprint density at radius 1 is 1.53 bits per heavy atom. The SMILES string of the molecule is CNc1ccc(C=C2SC(=S)NC2=O)cc1[N+](=O)[O-]. The number of nitro groups is 1. The smallest absolute Gasteiger partial charge is 0.292 e. The van der Waals surface area contributed by atoms with Gasteiger partial charge in [-0.25, -0.2) is 0 Å². The van der Waals surface area contributed by atoms with Crippen LogP contribution >= 0.6 is 24.0 Å². The van der Waals surface area contributed by atoms with Crippen LogP contribution in [0.5, 0.6) is 0 Å². The third-order valence-corrected chi connectivity index (χ3v) is 3.59. The highest BCUT2D eigenvalue weighted by atomic mass is 32.2. The van der Waals surface area contributed by atoms with E-state index in [2.05, 4.69) is 10.6 Å². The van der Waals surface area contributed by atoms with Crippen molar-refractivity contribution in [2.75, 3.05) is 12.4 Å². The van der Waals surface area contributed by atoms with E-state index in [1.165, 1.54) is 6.07 Å². The average Bonchev–Trinajstić information content (AvgIpc) is 2.67. The van der Waals surface area contributed by atoms with Gasteiger partial charge in [-0.1, -0.05) is 30.0 Å². The van der Waals surface area contributed by atoms with Crippen LogP contribution in [-0.4, -0.2) is 22.2 Å². The van der Waals surface area contributed by atoms with Crippen molar-refractivity contribution in [3.8, 4) is 0 Å². The third kappa shape index (κ3) is 2.91. The van der Waals surface area contributed by atoms with Crippen molar-refractivity contribution in [2.45, 2.75) is 0 Å². The molecule has 8 heteroatoms. The second-order valence-corrected chi connectivity index (χ2v) is 5.35. The molecule has 1 heterocycles. The van der Waals surface area contributed by atoms with E-state index in [0.29, 0.717) is 20.5 Å². The van der Waals surface area contributed by atoms with Crippen LogP contribution in [0.2, 0.25) is 0 Å². The number of rotatable bonds is 3.